The zero-order valence-corrected chi connectivity index (χ0v) is 17.9. The number of nitrogens with zero attached hydrogens (tertiary/aromatic N) is 1. The lowest BCUT2D eigenvalue weighted by Gasteiger charge is -2.15. The van der Waals surface area contributed by atoms with E-state index in [0.29, 0.717) is 16.0 Å². The minimum atomic E-state index is -4.47. The second-order valence-electron chi connectivity index (χ2n) is 6.24. The molecule has 1 saturated heterocycles. The number of thioether (sulfide) groups is 1. The van der Waals surface area contributed by atoms with Crippen molar-refractivity contribution >= 4 is 50.3 Å². The molecule has 0 saturated carbocycles. The van der Waals surface area contributed by atoms with Crippen LogP contribution in [-0.4, -0.2) is 30.6 Å². The van der Waals surface area contributed by atoms with E-state index in [0.717, 1.165) is 23.9 Å². The van der Waals surface area contributed by atoms with Crippen LogP contribution in [0.4, 0.5) is 13.2 Å². The summed E-state index contributed by atoms with van der Waals surface area (Å²) in [5.74, 6) is -0.422. The Hall–Kier alpha value is -2.21. The molecule has 0 bridgehead atoms. The lowest BCUT2D eigenvalue weighted by atomic mass is 10.1. The van der Waals surface area contributed by atoms with E-state index in [1.165, 1.54) is 36.2 Å². The van der Waals surface area contributed by atoms with Crippen molar-refractivity contribution in [1.82, 2.24) is 9.62 Å². The molecule has 0 aromatic heterocycles. The second-order valence-corrected chi connectivity index (χ2v) is 9.80. The summed E-state index contributed by atoms with van der Waals surface area (Å²) in [5.41, 5.74) is 0.103. The third kappa shape index (κ3) is 4.91. The summed E-state index contributed by atoms with van der Waals surface area (Å²) >= 11 is 6.25. The molecule has 3 rings (SSSR count). The average molecular weight is 473 g/mol. The van der Waals surface area contributed by atoms with Gasteiger partial charge in [-0.25, -0.2) is 13.1 Å². The van der Waals surface area contributed by atoms with Gasteiger partial charge in [0.2, 0.25) is 10.0 Å². The van der Waals surface area contributed by atoms with Crippen LogP contribution >= 0.6 is 24.0 Å². The van der Waals surface area contributed by atoms with E-state index in [1.807, 2.05) is 0 Å². The number of hydrogen-bond acceptors (Lipinski definition) is 5. The SMILES string of the molecule is CNS(=O)(=O)c1ccc(/C=C2\SC(=S)N(Cc3cccc(C(F)(F)F)c3)C2=O)cc1. The summed E-state index contributed by atoms with van der Waals surface area (Å²) in [6.45, 7) is -0.0781. The number of thiocarbonyl (C=S) groups is 1. The third-order valence-corrected chi connectivity index (χ3v) is 7.03. The van der Waals surface area contributed by atoms with Gasteiger partial charge in [0.1, 0.15) is 4.32 Å². The molecule has 2 aromatic carbocycles. The molecule has 1 amide bonds. The van der Waals surface area contributed by atoms with Crippen molar-refractivity contribution in [2.75, 3.05) is 7.05 Å². The van der Waals surface area contributed by atoms with E-state index < -0.39 is 27.7 Å². The van der Waals surface area contributed by atoms with Crippen LogP contribution in [0.15, 0.2) is 58.3 Å². The number of alkyl halides is 3. The number of amides is 1. The molecule has 2 aromatic rings. The molecule has 0 radical (unpaired) electrons. The van der Waals surface area contributed by atoms with Crippen molar-refractivity contribution in [2.24, 2.45) is 0 Å². The van der Waals surface area contributed by atoms with Gasteiger partial charge in [-0.05, 0) is 48.5 Å². The Bertz CT molecular complexity index is 1130. The molecule has 5 nitrogen and oxygen atoms in total. The fourth-order valence-electron chi connectivity index (χ4n) is 2.68. The van der Waals surface area contributed by atoms with Gasteiger partial charge in [0, 0.05) is 0 Å². The molecule has 0 spiro atoms. The van der Waals surface area contributed by atoms with Crippen molar-refractivity contribution in [3.05, 3.63) is 70.1 Å². The molecule has 1 fully saturated rings. The van der Waals surface area contributed by atoms with Crippen LogP contribution in [0.1, 0.15) is 16.7 Å². The number of sulfonamides is 1. The van der Waals surface area contributed by atoms with Gasteiger partial charge in [0.05, 0.1) is 21.9 Å². The highest BCUT2D eigenvalue weighted by molar-refractivity contribution is 8.26. The van der Waals surface area contributed by atoms with Crippen molar-refractivity contribution < 1.29 is 26.4 Å². The van der Waals surface area contributed by atoms with Gasteiger partial charge in [-0.3, -0.25) is 9.69 Å². The van der Waals surface area contributed by atoms with Crippen molar-refractivity contribution in [1.29, 1.82) is 0 Å². The highest BCUT2D eigenvalue weighted by Gasteiger charge is 2.33. The van der Waals surface area contributed by atoms with Gasteiger partial charge in [-0.2, -0.15) is 13.2 Å². The van der Waals surface area contributed by atoms with Crippen LogP contribution in [0, 0.1) is 0 Å². The lowest BCUT2D eigenvalue weighted by Crippen LogP contribution is -2.27. The number of carbonyl (C=O) groups excluding carboxylic acids is 1. The molecule has 0 unspecified atom stereocenters. The van der Waals surface area contributed by atoms with Gasteiger partial charge in [-0.1, -0.05) is 48.2 Å². The highest BCUT2D eigenvalue weighted by atomic mass is 32.2. The molecule has 0 atom stereocenters. The van der Waals surface area contributed by atoms with Crippen molar-refractivity contribution in [3.63, 3.8) is 0 Å². The molecular formula is C19H15F3N2O3S3. The standard InChI is InChI=1S/C19H15F3N2O3S3/c1-23-30(26,27)15-7-5-12(6-8-15)10-16-17(25)24(18(28)29-16)11-13-3-2-4-14(9-13)19(20,21)22/h2-10,23H,11H2,1H3/b16-10-. The average Bonchev–Trinajstić information content (AvgIpc) is 2.95. The Labute approximate surface area is 181 Å². The summed E-state index contributed by atoms with van der Waals surface area (Å²) in [5, 5.41) is 0. The molecule has 0 aliphatic carbocycles. The van der Waals surface area contributed by atoms with Gasteiger partial charge in [-0.15, -0.1) is 0 Å². The van der Waals surface area contributed by atoms with Crippen LogP contribution < -0.4 is 4.72 Å². The van der Waals surface area contributed by atoms with Gasteiger partial charge < -0.3 is 0 Å². The second kappa shape index (κ2) is 8.50. The molecule has 158 valence electrons. The van der Waals surface area contributed by atoms with E-state index in [-0.39, 0.29) is 15.8 Å². The Kier molecular flexibility index (Phi) is 6.37. The zero-order chi connectivity index (χ0) is 22.1. The van der Waals surface area contributed by atoms with Crippen LogP contribution in [0.5, 0.6) is 0 Å². The number of nitrogens with one attached hydrogen (secondary N) is 1. The van der Waals surface area contributed by atoms with Crippen molar-refractivity contribution in [3.8, 4) is 0 Å². The molecule has 30 heavy (non-hydrogen) atoms. The van der Waals surface area contributed by atoms with E-state index in [1.54, 1.807) is 18.2 Å². The normalized spacial score (nSPS) is 16.5. The molecular weight excluding hydrogens is 457 g/mol. The summed E-state index contributed by atoms with van der Waals surface area (Å²) < 4.78 is 64.7. The number of carbonyl (C=O) groups is 1. The third-order valence-electron chi connectivity index (χ3n) is 4.23. The maximum atomic E-state index is 12.9. The summed E-state index contributed by atoms with van der Waals surface area (Å²) in [7, 11) is -2.27. The largest absolute Gasteiger partial charge is 0.416 e. The Balaban J connectivity index is 1.80. The topological polar surface area (TPSA) is 66.5 Å². The number of halogens is 3. The smallest absolute Gasteiger partial charge is 0.288 e. The zero-order valence-electron chi connectivity index (χ0n) is 15.4. The van der Waals surface area contributed by atoms with Crippen LogP contribution in [0.3, 0.4) is 0 Å². The monoisotopic (exact) mass is 472 g/mol. The van der Waals surface area contributed by atoms with Crippen LogP contribution in [-0.2, 0) is 27.5 Å². The molecule has 1 heterocycles. The molecule has 1 N–H and O–H groups in total. The summed E-state index contributed by atoms with van der Waals surface area (Å²) in [6, 6.07) is 10.6. The first-order valence-corrected chi connectivity index (χ1v) is 11.2. The minimum absolute atomic E-state index is 0.0781. The van der Waals surface area contributed by atoms with E-state index in [4.69, 9.17) is 12.2 Å². The molecule has 1 aliphatic heterocycles. The van der Waals surface area contributed by atoms with Gasteiger partial charge in [0.25, 0.3) is 5.91 Å². The first kappa shape index (κ1) is 22.5. The van der Waals surface area contributed by atoms with E-state index in [2.05, 4.69) is 4.72 Å². The van der Waals surface area contributed by atoms with Crippen LogP contribution in [0.25, 0.3) is 6.08 Å². The van der Waals surface area contributed by atoms with Gasteiger partial charge in [0.15, 0.2) is 0 Å². The Morgan fingerprint density at radius 3 is 2.43 bits per heavy atom. The minimum Gasteiger partial charge on any atom is -0.288 e. The first-order valence-electron chi connectivity index (χ1n) is 8.46. The summed E-state index contributed by atoms with van der Waals surface area (Å²) in [4.78, 5) is 14.3. The van der Waals surface area contributed by atoms with Crippen LogP contribution in [0.2, 0.25) is 0 Å². The number of hydrogen-bond donors (Lipinski definition) is 1. The maximum absolute atomic E-state index is 12.9. The predicted molar refractivity (Wildman–Crippen MR) is 113 cm³/mol. The summed E-state index contributed by atoms with van der Waals surface area (Å²) in [6.07, 6.45) is -2.92. The first-order chi connectivity index (χ1) is 14.0. The lowest BCUT2D eigenvalue weighted by molar-refractivity contribution is -0.137. The maximum Gasteiger partial charge on any atom is 0.416 e. The Morgan fingerprint density at radius 2 is 1.83 bits per heavy atom. The highest BCUT2D eigenvalue weighted by Crippen LogP contribution is 2.35. The van der Waals surface area contributed by atoms with E-state index in [9.17, 15) is 26.4 Å². The van der Waals surface area contributed by atoms with E-state index >= 15 is 0 Å². The van der Waals surface area contributed by atoms with Crippen molar-refractivity contribution in [2.45, 2.75) is 17.6 Å². The number of rotatable bonds is 5. The fraction of sp³-hybridized carbons (Fsp3) is 0.158. The molecule has 11 heteroatoms. The predicted octanol–water partition coefficient (Wildman–Crippen LogP) is 4.01. The number of benzene rings is 2. The van der Waals surface area contributed by atoms with Gasteiger partial charge >= 0.3 is 6.18 Å². The molecule has 1 aliphatic rings. The quantitative estimate of drug-likeness (QED) is 0.526. The Morgan fingerprint density at radius 1 is 1.17 bits per heavy atom. The fourth-order valence-corrected chi connectivity index (χ4v) is 4.66.